The average molecular weight is 686 g/mol. The first-order chi connectivity index (χ1) is 22.3. The van der Waals surface area contributed by atoms with Crippen molar-refractivity contribution in [1.82, 2.24) is 14.2 Å². The molecule has 2 aliphatic heterocycles. The Labute approximate surface area is 271 Å². The number of fused-ring (bicyclic) bond motifs is 2. The maximum absolute atomic E-state index is 13.4. The van der Waals surface area contributed by atoms with Crippen LogP contribution in [0.5, 0.6) is 17.2 Å². The van der Waals surface area contributed by atoms with Crippen LogP contribution in [0.25, 0.3) is 0 Å². The average Bonchev–Trinajstić information content (AvgIpc) is 3.30. The highest BCUT2D eigenvalue weighted by Gasteiger charge is 2.45. The number of carbonyl (C=O) groups excluding carboxylic acids is 1. The third-order valence-electron chi connectivity index (χ3n) is 7.39. The number of benzene rings is 1. The number of halogens is 3. The van der Waals surface area contributed by atoms with Gasteiger partial charge in [-0.15, -0.1) is 0 Å². The van der Waals surface area contributed by atoms with Gasteiger partial charge in [0.25, 0.3) is 14.3 Å². The molecule has 0 radical (unpaired) electrons. The first-order valence-corrected chi connectivity index (χ1v) is 16.3. The lowest BCUT2D eigenvalue weighted by molar-refractivity contribution is -0.173. The zero-order chi connectivity index (χ0) is 34.5. The molecule has 4 rings (SSSR count). The van der Waals surface area contributed by atoms with E-state index in [1.807, 2.05) is 41.5 Å². The molecule has 1 unspecified atom stereocenters. The van der Waals surface area contributed by atoms with Crippen molar-refractivity contribution in [3.05, 3.63) is 34.9 Å². The van der Waals surface area contributed by atoms with E-state index in [4.69, 9.17) is 33.3 Å². The van der Waals surface area contributed by atoms with Crippen molar-refractivity contribution in [1.29, 1.82) is 5.26 Å². The molecule has 258 valence electrons. The fraction of sp³-hybridized carbons (Fsp3) is 0.600. The predicted molar refractivity (Wildman–Crippen MR) is 165 cm³/mol. The molecule has 0 amide bonds. The largest absolute Gasteiger partial charge is 0.483 e. The first-order valence-electron chi connectivity index (χ1n) is 15.2. The number of nitrogens with one attached hydrogen (secondary N) is 1. The maximum atomic E-state index is 13.4. The molecule has 0 bridgehead atoms. The van der Waals surface area contributed by atoms with Crippen LogP contribution in [0, 0.1) is 17.2 Å². The number of anilines is 2. The number of hydrogen-bond donors (Lipinski definition) is 1. The minimum Gasteiger partial charge on any atom is -0.483 e. The molecule has 2 aromatic rings. The SMILES string of the molecule is CCO[C@@H]1[C@H](C)[C@@H](COP(OCCC#N)N(C(C)C)C(C)C)O[C@H]1n1cc2c(nc1=O)Nc1c(OCC(=O)C(F)(F)F)cccc1O2. The third-order valence-corrected chi connectivity index (χ3v) is 9.46. The molecule has 1 N–H and O–H groups in total. The number of nitriles is 1. The zero-order valence-corrected chi connectivity index (χ0v) is 27.8. The Kier molecular flexibility index (Phi) is 12.2. The van der Waals surface area contributed by atoms with Crippen LogP contribution in [0.3, 0.4) is 0 Å². The Balaban J connectivity index is 1.54. The Morgan fingerprint density at radius 1 is 1.21 bits per heavy atom. The molecule has 1 fully saturated rings. The Bertz CT molecular complexity index is 1490. The van der Waals surface area contributed by atoms with Gasteiger partial charge in [0.15, 0.2) is 30.2 Å². The number of ketones is 1. The molecule has 2 aliphatic rings. The molecule has 5 atom stereocenters. The van der Waals surface area contributed by atoms with E-state index in [9.17, 15) is 22.8 Å². The van der Waals surface area contributed by atoms with Gasteiger partial charge in [-0.1, -0.05) is 13.0 Å². The summed E-state index contributed by atoms with van der Waals surface area (Å²) in [6.07, 6.45) is -5.35. The first kappa shape index (κ1) is 36.5. The van der Waals surface area contributed by atoms with E-state index in [1.54, 1.807) is 0 Å². The normalized spacial score (nSPS) is 21.2. The molecule has 47 heavy (non-hydrogen) atoms. The van der Waals surface area contributed by atoms with Gasteiger partial charge in [0.2, 0.25) is 0 Å². The Hall–Kier alpha value is -3.32. The number of carbonyl (C=O) groups is 1. The minimum absolute atomic E-state index is 0.00143. The number of nitrogens with zero attached hydrogens (tertiary/aromatic N) is 4. The summed E-state index contributed by atoms with van der Waals surface area (Å²) in [6, 6.07) is 6.68. The fourth-order valence-electron chi connectivity index (χ4n) is 5.24. The second-order valence-electron chi connectivity index (χ2n) is 11.4. The zero-order valence-electron chi connectivity index (χ0n) is 26.9. The van der Waals surface area contributed by atoms with Gasteiger partial charge in [-0.25, -0.2) is 9.46 Å². The van der Waals surface area contributed by atoms with E-state index >= 15 is 0 Å². The van der Waals surface area contributed by atoms with Gasteiger partial charge >= 0.3 is 11.9 Å². The van der Waals surface area contributed by atoms with Crippen molar-refractivity contribution in [3.63, 3.8) is 0 Å². The van der Waals surface area contributed by atoms with Crippen molar-refractivity contribution in [2.45, 2.75) is 84.7 Å². The van der Waals surface area contributed by atoms with Crippen molar-refractivity contribution < 1.29 is 46.0 Å². The lowest BCUT2D eigenvalue weighted by Crippen LogP contribution is -2.35. The number of Topliss-reactive ketones (excluding diaryl/α,β-unsaturated/α-hetero) is 1. The molecule has 1 saturated heterocycles. The molecule has 13 nitrogen and oxygen atoms in total. The number of ether oxygens (including phenoxy) is 4. The van der Waals surface area contributed by atoms with E-state index < -0.39 is 51.2 Å². The molecular formula is C30H39F3N5O8P. The van der Waals surface area contributed by atoms with Crippen molar-refractivity contribution in [2.75, 3.05) is 31.7 Å². The van der Waals surface area contributed by atoms with Crippen LogP contribution >= 0.6 is 8.53 Å². The quantitative estimate of drug-likeness (QED) is 0.152. The standard InChI is InChI=1S/C30H39F3N5O8P/c1-7-41-26-19(6)23(15-44-47(43-13-9-12-34)38(17(2)3)18(4)5)46-28(26)37-14-22-27(36-29(37)40)35-25-20(10-8-11-21(25)45-22)42-16-24(39)30(31,32)33/h8,10-11,14,17-19,23,26,28H,7,9,13,15-16H2,1-6H3,(H,35,36,40)/t19-,23-,26-,28-,47?/m1/s1. The molecule has 17 heteroatoms. The highest BCUT2D eigenvalue weighted by atomic mass is 31.2. The van der Waals surface area contributed by atoms with Crippen LogP contribution in [0.15, 0.2) is 29.2 Å². The molecule has 3 heterocycles. The van der Waals surface area contributed by atoms with E-state index in [0.717, 1.165) is 0 Å². The van der Waals surface area contributed by atoms with Gasteiger partial charge < -0.3 is 33.3 Å². The number of rotatable bonds is 15. The lowest BCUT2D eigenvalue weighted by Gasteiger charge is -2.36. The van der Waals surface area contributed by atoms with Crippen LogP contribution in [-0.2, 0) is 23.3 Å². The molecule has 1 aromatic heterocycles. The smallest absolute Gasteiger partial charge is 0.453 e. The number of para-hydroxylation sites is 1. The summed E-state index contributed by atoms with van der Waals surface area (Å²) in [7, 11) is -1.53. The highest BCUT2D eigenvalue weighted by Crippen LogP contribution is 2.48. The summed E-state index contributed by atoms with van der Waals surface area (Å²) in [5.74, 6) is -2.03. The van der Waals surface area contributed by atoms with Gasteiger partial charge in [-0.05, 0) is 46.8 Å². The van der Waals surface area contributed by atoms with Crippen LogP contribution in [-0.4, -0.2) is 76.9 Å². The maximum Gasteiger partial charge on any atom is 0.453 e. The van der Waals surface area contributed by atoms with Crippen LogP contribution < -0.4 is 20.5 Å². The summed E-state index contributed by atoms with van der Waals surface area (Å²) < 4.78 is 77.3. The van der Waals surface area contributed by atoms with Gasteiger partial charge in [0, 0.05) is 24.6 Å². The third kappa shape index (κ3) is 8.59. The van der Waals surface area contributed by atoms with Crippen LogP contribution in [0.1, 0.15) is 54.2 Å². The fourth-order valence-corrected chi connectivity index (χ4v) is 6.86. The summed E-state index contributed by atoms with van der Waals surface area (Å²) in [5, 5.41) is 11.9. The van der Waals surface area contributed by atoms with E-state index in [0.29, 0.717) is 6.61 Å². The second kappa shape index (κ2) is 15.7. The van der Waals surface area contributed by atoms with Crippen molar-refractivity contribution in [3.8, 4) is 23.3 Å². The van der Waals surface area contributed by atoms with Gasteiger partial charge in [-0.3, -0.25) is 9.36 Å². The summed E-state index contributed by atoms with van der Waals surface area (Å²) in [6.45, 7) is 11.4. The summed E-state index contributed by atoms with van der Waals surface area (Å²) in [5.41, 5.74) is -0.592. The summed E-state index contributed by atoms with van der Waals surface area (Å²) >= 11 is 0. The number of alkyl halides is 3. The Morgan fingerprint density at radius 3 is 2.57 bits per heavy atom. The molecule has 0 saturated carbocycles. The van der Waals surface area contributed by atoms with Crippen LogP contribution in [0.2, 0.25) is 0 Å². The molecule has 0 spiro atoms. The Morgan fingerprint density at radius 2 is 1.94 bits per heavy atom. The topological polar surface area (TPSA) is 146 Å². The number of hydrogen-bond acceptors (Lipinski definition) is 12. The number of aromatic nitrogens is 2. The highest BCUT2D eigenvalue weighted by molar-refractivity contribution is 7.44. The van der Waals surface area contributed by atoms with Gasteiger partial charge in [0.05, 0.1) is 38.0 Å². The van der Waals surface area contributed by atoms with Crippen molar-refractivity contribution in [2.24, 2.45) is 5.92 Å². The van der Waals surface area contributed by atoms with Crippen molar-refractivity contribution >= 4 is 25.8 Å². The predicted octanol–water partition coefficient (Wildman–Crippen LogP) is 5.83. The van der Waals surface area contributed by atoms with Gasteiger partial charge in [-0.2, -0.15) is 23.4 Å². The second-order valence-corrected chi connectivity index (χ2v) is 12.9. The molecular weight excluding hydrogens is 646 g/mol. The van der Waals surface area contributed by atoms with E-state index in [2.05, 4.69) is 21.0 Å². The van der Waals surface area contributed by atoms with Crippen LogP contribution in [0.4, 0.5) is 24.7 Å². The molecule has 0 aliphatic carbocycles. The van der Waals surface area contributed by atoms with E-state index in [-0.39, 0.29) is 66.4 Å². The molecule has 1 aromatic carbocycles. The van der Waals surface area contributed by atoms with E-state index in [1.165, 1.54) is 29.0 Å². The monoisotopic (exact) mass is 685 g/mol. The lowest BCUT2D eigenvalue weighted by atomic mass is 10.0. The van der Waals surface area contributed by atoms with Gasteiger partial charge in [0.1, 0.15) is 17.5 Å². The minimum atomic E-state index is -5.04. The summed E-state index contributed by atoms with van der Waals surface area (Å²) in [4.78, 5) is 28.8.